The Bertz CT molecular complexity index is 672. The van der Waals surface area contributed by atoms with Gasteiger partial charge in [-0.05, 0) is 25.0 Å². The van der Waals surface area contributed by atoms with Crippen molar-refractivity contribution in [1.82, 2.24) is 20.1 Å². The monoisotopic (exact) mass is 317 g/mol. The average molecular weight is 317 g/mol. The number of hydrogen-bond acceptors (Lipinski definition) is 5. The molecule has 0 unspecified atom stereocenters. The minimum Gasteiger partial charge on any atom is -0.486 e. The SMILES string of the molecule is Cc1cc2c(cc1NC(=O)NCCCn1cncn1)OCCO2. The van der Waals surface area contributed by atoms with Crippen LogP contribution in [0.4, 0.5) is 10.5 Å². The summed E-state index contributed by atoms with van der Waals surface area (Å²) < 4.78 is 12.8. The van der Waals surface area contributed by atoms with Crippen molar-refractivity contribution in [2.24, 2.45) is 0 Å². The molecule has 122 valence electrons. The van der Waals surface area contributed by atoms with E-state index in [1.54, 1.807) is 17.1 Å². The van der Waals surface area contributed by atoms with Crippen LogP contribution in [-0.2, 0) is 6.54 Å². The van der Waals surface area contributed by atoms with Crippen molar-refractivity contribution in [3.8, 4) is 11.5 Å². The molecule has 2 amide bonds. The molecule has 23 heavy (non-hydrogen) atoms. The highest BCUT2D eigenvalue weighted by Gasteiger charge is 2.15. The number of fused-ring (bicyclic) bond motifs is 1. The standard InChI is InChI=1S/C15H19N5O3/c1-11-7-13-14(23-6-5-22-13)8-12(11)19-15(21)17-3-2-4-20-10-16-9-18-20/h7-10H,2-6H2,1H3,(H2,17,19,21). The first-order valence-corrected chi connectivity index (χ1v) is 7.50. The van der Waals surface area contributed by atoms with Gasteiger partial charge in [-0.25, -0.2) is 9.78 Å². The van der Waals surface area contributed by atoms with E-state index in [1.807, 2.05) is 13.0 Å². The molecule has 2 heterocycles. The van der Waals surface area contributed by atoms with E-state index in [-0.39, 0.29) is 6.03 Å². The number of ether oxygens (including phenoxy) is 2. The Morgan fingerprint density at radius 2 is 2.09 bits per heavy atom. The molecule has 1 aliphatic rings. The molecule has 8 nitrogen and oxygen atoms in total. The second-order valence-corrected chi connectivity index (χ2v) is 5.20. The summed E-state index contributed by atoms with van der Waals surface area (Å²) >= 11 is 0. The minimum absolute atomic E-state index is 0.247. The number of aryl methyl sites for hydroxylation is 2. The summed E-state index contributed by atoms with van der Waals surface area (Å²) in [5.41, 5.74) is 1.63. The van der Waals surface area contributed by atoms with Crippen LogP contribution in [0.3, 0.4) is 0 Å². The van der Waals surface area contributed by atoms with Crippen LogP contribution in [-0.4, -0.2) is 40.6 Å². The number of hydrogen-bond donors (Lipinski definition) is 2. The largest absolute Gasteiger partial charge is 0.486 e. The molecule has 0 radical (unpaired) electrons. The fourth-order valence-electron chi connectivity index (χ4n) is 2.28. The zero-order valence-electron chi connectivity index (χ0n) is 12.9. The number of benzene rings is 1. The lowest BCUT2D eigenvalue weighted by molar-refractivity contribution is 0.171. The van der Waals surface area contributed by atoms with Gasteiger partial charge in [-0.2, -0.15) is 5.10 Å². The van der Waals surface area contributed by atoms with Crippen molar-refractivity contribution >= 4 is 11.7 Å². The molecule has 0 bridgehead atoms. The van der Waals surface area contributed by atoms with Gasteiger partial charge in [-0.15, -0.1) is 0 Å². The van der Waals surface area contributed by atoms with Crippen LogP contribution in [0.25, 0.3) is 0 Å². The lowest BCUT2D eigenvalue weighted by atomic mass is 10.1. The van der Waals surface area contributed by atoms with Crippen LogP contribution in [0, 0.1) is 6.92 Å². The Labute approximate surface area is 133 Å². The van der Waals surface area contributed by atoms with Crippen molar-refractivity contribution in [3.05, 3.63) is 30.4 Å². The molecular weight excluding hydrogens is 298 g/mol. The number of urea groups is 1. The van der Waals surface area contributed by atoms with Gasteiger partial charge in [0, 0.05) is 24.8 Å². The first kappa shape index (κ1) is 15.1. The van der Waals surface area contributed by atoms with Crippen molar-refractivity contribution in [2.45, 2.75) is 19.9 Å². The maximum absolute atomic E-state index is 12.0. The highest BCUT2D eigenvalue weighted by molar-refractivity contribution is 5.90. The topological polar surface area (TPSA) is 90.3 Å². The molecule has 0 atom stereocenters. The van der Waals surface area contributed by atoms with Gasteiger partial charge in [0.25, 0.3) is 0 Å². The number of carbonyl (C=O) groups is 1. The maximum atomic E-state index is 12.0. The van der Waals surface area contributed by atoms with Crippen LogP contribution in [0.2, 0.25) is 0 Å². The third-order valence-corrected chi connectivity index (χ3v) is 3.45. The van der Waals surface area contributed by atoms with Gasteiger partial charge in [-0.1, -0.05) is 0 Å². The van der Waals surface area contributed by atoms with Crippen molar-refractivity contribution in [3.63, 3.8) is 0 Å². The van der Waals surface area contributed by atoms with Gasteiger partial charge in [-0.3, -0.25) is 4.68 Å². The van der Waals surface area contributed by atoms with Crippen molar-refractivity contribution < 1.29 is 14.3 Å². The lowest BCUT2D eigenvalue weighted by Gasteiger charge is -2.20. The van der Waals surface area contributed by atoms with Crippen molar-refractivity contribution in [1.29, 1.82) is 0 Å². The number of aromatic nitrogens is 3. The Kier molecular flexibility index (Phi) is 4.60. The molecular formula is C15H19N5O3. The second-order valence-electron chi connectivity index (χ2n) is 5.20. The fraction of sp³-hybridized carbons (Fsp3) is 0.400. The summed E-state index contributed by atoms with van der Waals surface area (Å²) in [7, 11) is 0. The van der Waals surface area contributed by atoms with E-state index in [0.29, 0.717) is 43.5 Å². The van der Waals surface area contributed by atoms with Gasteiger partial charge < -0.3 is 20.1 Å². The van der Waals surface area contributed by atoms with E-state index in [1.165, 1.54) is 6.33 Å². The van der Waals surface area contributed by atoms with E-state index >= 15 is 0 Å². The molecule has 1 aliphatic heterocycles. The van der Waals surface area contributed by atoms with E-state index < -0.39 is 0 Å². The molecule has 3 rings (SSSR count). The molecule has 8 heteroatoms. The molecule has 1 aromatic carbocycles. The molecule has 0 saturated carbocycles. The zero-order valence-corrected chi connectivity index (χ0v) is 12.9. The number of anilines is 1. The summed E-state index contributed by atoms with van der Waals surface area (Å²) in [6, 6.07) is 3.41. The van der Waals surface area contributed by atoms with Crippen LogP contribution in [0.15, 0.2) is 24.8 Å². The predicted molar refractivity (Wildman–Crippen MR) is 83.8 cm³/mol. The molecule has 1 aromatic heterocycles. The van der Waals surface area contributed by atoms with Crippen LogP contribution in [0.1, 0.15) is 12.0 Å². The third kappa shape index (κ3) is 3.91. The molecule has 0 fully saturated rings. The summed E-state index contributed by atoms with van der Waals surface area (Å²) in [5, 5.41) is 9.66. The number of carbonyl (C=O) groups excluding carboxylic acids is 1. The van der Waals surface area contributed by atoms with E-state index in [4.69, 9.17) is 9.47 Å². The molecule has 0 saturated heterocycles. The second kappa shape index (κ2) is 6.99. The summed E-state index contributed by atoms with van der Waals surface area (Å²) in [4.78, 5) is 15.8. The highest BCUT2D eigenvalue weighted by Crippen LogP contribution is 2.35. The van der Waals surface area contributed by atoms with Gasteiger partial charge in [0.15, 0.2) is 11.5 Å². The first-order valence-electron chi connectivity index (χ1n) is 7.50. The summed E-state index contributed by atoms with van der Waals surface area (Å²) in [6.07, 6.45) is 3.92. The van der Waals surface area contributed by atoms with Gasteiger partial charge in [0.05, 0.1) is 0 Å². The Hall–Kier alpha value is -2.77. The highest BCUT2D eigenvalue weighted by atomic mass is 16.6. The fourth-order valence-corrected chi connectivity index (χ4v) is 2.28. The smallest absolute Gasteiger partial charge is 0.319 e. The third-order valence-electron chi connectivity index (χ3n) is 3.45. The van der Waals surface area contributed by atoms with Crippen LogP contribution < -0.4 is 20.1 Å². The molecule has 2 aromatic rings. The number of amides is 2. The first-order chi connectivity index (χ1) is 11.2. The van der Waals surface area contributed by atoms with Crippen LogP contribution >= 0.6 is 0 Å². The van der Waals surface area contributed by atoms with E-state index in [2.05, 4.69) is 20.7 Å². The lowest BCUT2D eigenvalue weighted by Crippen LogP contribution is -2.30. The van der Waals surface area contributed by atoms with Crippen molar-refractivity contribution in [2.75, 3.05) is 25.1 Å². The Morgan fingerprint density at radius 3 is 2.83 bits per heavy atom. The summed E-state index contributed by atoms with van der Waals surface area (Å²) in [5.74, 6) is 1.37. The zero-order chi connectivity index (χ0) is 16.1. The predicted octanol–water partition coefficient (Wildman–Crippen LogP) is 1.57. The molecule has 2 N–H and O–H groups in total. The minimum atomic E-state index is -0.247. The van der Waals surface area contributed by atoms with E-state index in [9.17, 15) is 4.79 Å². The Balaban J connectivity index is 1.49. The normalized spacial score (nSPS) is 12.7. The average Bonchev–Trinajstić information content (AvgIpc) is 3.06. The van der Waals surface area contributed by atoms with Gasteiger partial charge in [0.2, 0.25) is 0 Å². The molecule has 0 spiro atoms. The molecule has 0 aliphatic carbocycles. The number of nitrogens with one attached hydrogen (secondary N) is 2. The van der Waals surface area contributed by atoms with Gasteiger partial charge >= 0.3 is 6.03 Å². The van der Waals surface area contributed by atoms with Crippen LogP contribution in [0.5, 0.6) is 11.5 Å². The maximum Gasteiger partial charge on any atom is 0.319 e. The Morgan fingerprint density at radius 1 is 1.30 bits per heavy atom. The quantitative estimate of drug-likeness (QED) is 0.817. The number of rotatable bonds is 5. The summed E-state index contributed by atoms with van der Waals surface area (Å²) in [6.45, 7) is 4.24. The van der Waals surface area contributed by atoms with Gasteiger partial charge in [0.1, 0.15) is 25.9 Å². The van der Waals surface area contributed by atoms with E-state index in [0.717, 1.165) is 12.0 Å². The number of nitrogens with zero attached hydrogens (tertiary/aromatic N) is 3.